The molecule has 0 fully saturated rings. The number of rotatable bonds is 6. The third-order valence-corrected chi connectivity index (χ3v) is 4.29. The average molecular weight is 372 g/mol. The number of hydrogen-bond acceptors (Lipinski definition) is 8. The SMILES string of the molecule is COc1cc(/C=C/C(=O)O[C@@H](C)c2nnc(-c3cccs3)o2)ccc1O. The maximum Gasteiger partial charge on any atom is 0.331 e. The van der Waals surface area contributed by atoms with Crippen molar-refractivity contribution in [1.82, 2.24) is 10.2 Å². The van der Waals surface area contributed by atoms with Crippen LogP contribution in [0.2, 0.25) is 0 Å². The molecule has 2 heterocycles. The molecule has 1 atom stereocenters. The van der Waals surface area contributed by atoms with Crippen molar-refractivity contribution in [2.24, 2.45) is 0 Å². The number of carbonyl (C=O) groups is 1. The van der Waals surface area contributed by atoms with E-state index in [1.807, 2.05) is 17.5 Å². The van der Waals surface area contributed by atoms with Crippen molar-refractivity contribution in [2.45, 2.75) is 13.0 Å². The van der Waals surface area contributed by atoms with Crippen LogP contribution in [0, 0.1) is 0 Å². The van der Waals surface area contributed by atoms with Gasteiger partial charge in [0.25, 0.3) is 11.8 Å². The van der Waals surface area contributed by atoms with E-state index >= 15 is 0 Å². The Morgan fingerprint density at radius 3 is 2.92 bits per heavy atom. The summed E-state index contributed by atoms with van der Waals surface area (Å²) in [5.41, 5.74) is 0.682. The molecule has 3 aromatic rings. The maximum atomic E-state index is 12.0. The fraction of sp³-hybridized carbons (Fsp3) is 0.167. The number of aromatic nitrogens is 2. The Hall–Kier alpha value is -3.13. The van der Waals surface area contributed by atoms with Crippen LogP contribution in [0.15, 0.2) is 46.2 Å². The van der Waals surface area contributed by atoms with E-state index in [4.69, 9.17) is 13.9 Å². The normalized spacial score (nSPS) is 12.2. The van der Waals surface area contributed by atoms with Gasteiger partial charge in [-0.05, 0) is 42.1 Å². The lowest BCUT2D eigenvalue weighted by atomic mass is 10.2. The molecule has 2 aromatic heterocycles. The Bertz CT molecular complexity index is 918. The predicted octanol–water partition coefficient (Wildman–Crippen LogP) is 3.83. The van der Waals surface area contributed by atoms with Crippen LogP contribution in [0.25, 0.3) is 16.8 Å². The molecule has 8 heteroatoms. The first-order valence-corrected chi connectivity index (χ1v) is 8.57. The summed E-state index contributed by atoms with van der Waals surface area (Å²) >= 11 is 1.48. The van der Waals surface area contributed by atoms with E-state index in [0.717, 1.165) is 4.88 Å². The third kappa shape index (κ3) is 4.09. The van der Waals surface area contributed by atoms with E-state index < -0.39 is 12.1 Å². The number of benzene rings is 1. The number of esters is 1. The Morgan fingerprint density at radius 1 is 1.35 bits per heavy atom. The number of methoxy groups -OCH3 is 1. The summed E-state index contributed by atoms with van der Waals surface area (Å²) in [6.07, 6.45) is 2.16. The van der Waals surface area contributed by atoms with Gasteiger partial charge in [-0.1, -0.05) is 12.1 Å². The standard InChI is InChI=1S/C18H16N2O5S/c1-11(17-19-20-18(25-17)15-4-3-9-26-15)24-16(22)8-6-12-5-7-13(21)14(10-12)23-2/h3-11,21H,1-2H3/b8-6+/t11-/m0/s1. The molecule has 0 aliphatic heterocycles. The summed E-state index contributed by atoms with van der Waals surface area (Å²) in [4.78, 5) is 12.8. The second kappa shape index (κ2) is 7.83. The summed E-state index contributed by atoms with van der Waals surface area (Å²) < 4.78 is 15.8. The zero-order chi connectivity index (χ0) is 18.5. The van der Waals surface area contributed by atoms with Gasteiger partial charge in [-0.2, -0.15) is 0 Å². The largest absolute Gasteiger partial charge is 0.504 e. The van der Waals surface area contributed by atoms with Gasteiger partial charge in [0.1, 0.15) is 0 Å². The quantitative estimate of drug-likeness (QED) is 0.519. The summed E-state index contributed by atoms with van der Waals surface area (Å²) in [5.74, 6) is 0.408. The van der Waals surface area contributed by atoms with Crippen LogP contribution < -0.4 is 4.74 Å². The molecule has 0 bridgehead atoms. The third-order valence-electron chi connectivity index (χ3n) is 3.43. The highest BCUT2D eigenvalue weighted by Gasteiger charge is 2.18. The minimum atomic E-state index is -0.678. The molecule has 0 saturated carbocycles. The number of carbonyl (C=O) groups excluding carboxylic acids is 1. The van der Waals surface area contributed by atoms with Gasteiger partial charge in [-0.15, -0.1) is 21.5 Å². The number of ether oxygens (including phenoxy) is 2. The molecule has 0 amide bonds. The van der Waals surface area contributed by atoms with Gasteiger partial charge in [0.15, 0.2) is 17.6 Å². The van der Waals surface area contributed by atoms with Crippen molar-refractivity contribution in [1.29, 1.82) is 0 Å². The Balaban J connectivity index is 1.62. The highest BCUT2D eigenvalue weighted by atomic mass is 32.1. The van der Waals surface area contributed by atoms with E-state index in [9.17, 15) is 9.90 Å². The summed E-state index contributed by atoms with van der Waals surface area (Å²) in [5, 5.41) is 19.3. The molecule has 0 unspecified atom stereocenters. The van der Waals surface area contributed by atoms with Gasteiger partial charge in [0.2, 0.25) is 0 Å². The smallest absolute Gasteiger partial charge is 0.331 e. The van der Waals surface area contributed by atoms with Crippen LogP contribution in [-0.2, 0) is 9.53 Å². The zero-order valence-corrected chi connectivity index (χ0v) is 14.9. The molecular formula is C18H16N2O5S. The first kappa shape index (κ1) is 17.7. The second-order valence-corrected chi connectivity index (χ2v) is 6.21. The maximum absolute atomic E-state index is 12.0. The molecule has 26 heavy (non-hydrogen) atoms. The molecule has 1 N–H and O–H groups in total. The Kier molecular flexibility index (Phi) is 5.33. The molecule has 3 rings (SSSR count). The molecule has 1 aromatic carbocycles. The fourth-order valence-corrected chi connectivity index (χ4v) is 2.77. The topological polar surface area (TPSA) is 94.7 Å². The number of hydrogen-bond donors (Lipinski definition) is 1. The van der Waals surface area contributed by atoms with Crippen LogP contribution in [-0.4, -0.2) is 28.4 Å². The molecule has 0 spiro atoms. The van der Waals surface area contributed by atoms with Gasteiger partial charge in [0.05, 0.1) is 12.0 Å². The first-order valence-electron chi connectivity index (χ1n) is 7.70. The van der Waals surface area contributed by atoms with Gasteiger partial charge in [0, 0.05) is 6.08 Å². The Morgan fingerprint density at radius 2 is 2.19 bits per heavy atom. The van der Waals surface area contributed by atoms with E-state index in [1.54, 1.807) is 25.1 Å². The minimum Gasteiger partial charge on any atom is -0.504 e. The van der Waals surface area contributed by atoms with Gasteiger partial charge in [-0.3, -0.25) is 0 Å². The van der Waals surface area contributed by atoms with Gasteiger partial charge >= 0.3 is 5.97 Å². The summed E-state index contributed by atoms with van der Waals surface area (Å²) in [6.45, 7) is 1.65. The second-order valence-electron chi connectivity index (χ2n) is 5.27. The van der Waals surface area contributed by atoms with E-state index in [0.29, 0.717) is 17.2 Å². The summed E-state index contributed by atoms with van der Waals surface area (Å²) in [6, 6.07) is 8.49. The molecule has 134 valence electrons. The number of aromatic hydroxyl groups is 1. The van der Waals surface area contributed by atoms with Crippen molar-refractivity contribution in [3.05, 3.63) is 53.2 Å². The number of phenols is 1. The number of phenolic OH excluding ortho intramolecular Hbond substituents is 1. The van der Waals surface area contributed by atoms with Crippen molar-refractivity contribution < 1.29 is 23.8 Å². The number of thiophene rings is 1. The predicted molar refractivity (Wildman–Crippen MR) is 95.8 cm³/mol. The lowest BCUT2D eigenvalue weighted by Gasteiger charge is -2.07. The molecule has 7 nitrogen and oxygen atoms in total. The van der Waals surface area contributed by atoms with Crippen LogP contribution >= 0.6 is 11.3 Å². The number of nitrogens with zero attached hydrogens (tertiary/aromatic N) is 2. The summed E-state index contributed by atoms with van der Waals surface area (Å²) in [7, 11) is 1.45. The molecule has 0 aliphatic rings. The van der Waals surface area contributed by atoms with Crippen molar-refractivity contribution in [3.8, 4) is 22.3 Å². The lowest BCUT2D eigenvalue weighted by Crippen LogP contribution is -2.06. The zero-order valence-electron chi connectivity index (χ0n) is 14.1. The van der Waals surface area contributed by atoms with Gasteiger partial charge in [-0.25, -0.2) is 4.79 Å². The molecule has 0 aliphatic carbocycles. The van der Waals surface area contributed by atoms with Crippen LogP contribution in [0.1, 0.15) is 24.5 Å². The van der Waals surface area contributed by atoms with Crippen LogP contribution in [0.3, 0.4) is 0 Å². The van der Waals surface area contributed by atoms with E-state index in [2.05, 4.69) is 10.2 Å². The van der Waals surface area contributed by atoms with Gasteiger partial charge < -0.3 is 19.0 Å². The Labute approximate surface area is 153 Å². The lowest BCUT2D eigenvalue weighted by molar-refractivity contribution is -0.143. The first-order chi connectivity index (χ1) is 12.6. The van der Waals surface area contributed by atoms with Crippen LogP contribution in [0.4, 0.5) is 0 Å². The molecular weight excluding hydrogens is 356 g/mol. The van der Waals surface area contributed by atoms with Crippen molar-refractivity contribution in [3.63, 3.8) is 0 Å². The molecule has 0 saturated heterocycles. The fourth-order valence-electron chi connectivity index (χ4n) is 2.12. The monoisotopic (exact) mass is 372 g/mol. The average Bonchev–Trinajstić information content (AvgIpc) is 3.32. The van der Waals surface area contributed by atoms with Crippen LogP contribution in [0.5, 0.6) is 11.5 Å². The van der Waals surface area contributed by atoms with Crippen molar-refractivity contribution in [2.75, 3.05) is 7.11 Å². The molecule has 0 radical (unpaired) electrons. The highest BCUT2D eigenvalue weighted by Crippen LogP contribution is 2.27. The highest BCUT2D eigenvalue weighted by molar-refractivity contribution is 7.13. The minimum absolute atomic E-state index is 0.0267. The van der Waals surface area contributed by atoms with E-state index in [1.165, 1.54) is 30.6 Å². The van der Waals surface area contributed by atoms with Crippen molar-refractivity contribution >= 4 is 23.4 Å². The van der Waals surface area contributed by atoms with E-state index in [-0.39, 0.29) is 11.6 Å².